The number of hydrogen-bond acceptors (Lipinski definition) is 3. The van der Waals surface area contributed by atoms with Crippen LogP contribution < -0.4 is 5.73 Å². The van der Waals surface area contributed by atoms with Gasteiger partial charge in [0.25, 0.3) is 0 Å². The van der Waals surface area contributed by atoms with Crippen molar-refractivity contribution in [3.05, 3.63) is 34.4 Å². The van der Waals surface area contributed by atoms with E-state index in [0.29, 0.717) is 15.6 Å². The highest BCUT2D eigenvalue weighted by Crippen LogP contribution is 2.38. The first-order valence-corrected chi connectivity index (χ1v) is 6.07. The lowest BCUT2D eigenvalue weighted by molar-refractivity contribution is -0.138. The molecular weight excluding hydrogens is 317 g/mol. The highest BCUT2D eigenvalue weighted by molar-refractivity contribution is 9.10. The van der Waals surface area contributed by atoms with Crippen LogP contribution in [0.5, 0.6) is 0 Å². The van der Waals surface area contributed by atoms with Crippen molar-refractivity contribution in [1.29, 1.82) is 0 Å². The van der Waals surface area contributed by atoms with E-state index in [0.717, 1.165) is 17.4 Å². The average Bonchev–Trinajstić information content (AvgIpc) is 2.64. The zero-order valence-electron chi connectivity index (χ0n) is 8.25. The molecule has 0 saturated carbocycles. The van der Waals surface area contributed by atoms with E-state index in [1.165, 1.54) is 12.3 Å². The average molecular weight is 323 g/mol. The molecule has 2 N–H and O–H groups in total. The molecule has 0 bridgehead atoms. The van der Waals surface area contributed by atoms with Crippen molar-refractivity contribution in [2.24, 2.45) is 0 Å². The topological polar surface area (TPSA) is 38.9 Å². The summed E-state index contributed by atoms with van der Waals surface area (Å²) < 4.78 is 38.1. The first-order chi connectivity index (χ1) is 7.88. The van der Waals surface area contributed by atoms with Gasteiger partial charge in [-0.1, -0.05) is 33.3 Å². The van der Waals surface area contributed by atoms with Gasteiger partial charge in [0, 0.05) is 10.7 Å². The summed E-state index contributed by atoms with van der Waals surface area (Å²) in [6, 6.07) is 4.04. The van der Waals surface area contributed by atoms with Crippen LogP contribution in [0.2, 0.25) is 0 Å². The Morgan fingerprint density at radius 2 is 2.00 bits per heavy atom. The largest absolute Gasteiger partial charge is 0.417 e. The Labute approximate surface area is 107 Å². The van der Waals surface area contributed by atoms with Gasteiger partial charge in [-0.2, -0.15) is 13.2 Å². The third-order valence-electron chi connectivity index (χ3n) is 2.08. The second kappa shape index (κ2) is 4.30. The summed E-state index contributed by atoms with van der Waals surface area (Å²) in [5.41, 5.74) is 5.19. The number of rotatable bonds is 1. The van der Waals surface area contributed by atoms with Gasteiger partial charge in [0.15, 0.2) is 5.13 Å². The molecule has 0 saturated heterocycles. The molecule has 2 nitrogen and oxygen atoms in total. The molecule has 2 rings (SSSR count). The van der Waals surface area contributed by atoms with Crippen LogP contribution >= 0.6 is 27.3 Å². The monoisotopic (exact) mass is 322 g/mol. The fourth-order valence-electron chi connectivity index (χ4n) is 1.32. The number of aromatic nitrogens is 1. The van der Waals surface area contributed by atoms with E-state index in [9.17, 15) is 13.2 Å². The molecule has 2 aromatic rings. The molecule has 0 unspecified atom stereocenters. The second-order valence-corrected chi connectivity index (χ2v) is 5.17. The maximum Gasteiger partial charge on any atom is 0.417 e. The van der Waals surface area contributed by atoms with Crippen molar-refractivity contribution in [2.45, 2.75) is 6.18 Å². The molecule has 0 spiro atoms. The molecule has 1 aromatic heterocycles. The number of nitrogen functional groups attached to an aromatic ring is 1. The molecule has 0 aliphatic heterocycles. The normalized spacial score (nSPS) is 11.8. The highest BCUT2D eigenvalue weighted by atomic mass is 79.9. The highest BCUT2D eigenvalue weighted by Gasteiger charge is 2.33. The molecule has 90 valence electrons. The summed E-state index contributed by atoms with van der Waals surface area (Å²) >= 11 is 4.04. The second-order valence-electron chi connectivity index (χ2n) is 3.26. The van der Waals surface area contributed by atoms with Crippen molar-refractivity contribution in [2.75, 3.05) is 5.73 Å². The standard InChI is InChI=1S/C10H6BrF3N2S/c11-7-2-1-5(3-6(7)10(12,13)14)8-4-16-9(15)17-8/h1-4H,(H2,15,16). The van der Waals surface area contributed by atoms with Gasteiger partial charge >= 0.3 is 6.18 Å². The number of anilines is 1. The quantitative estimate of drug-likeness (QED) is 0.855. The Balaban J connectivity index is 2.51. The fourth-order valence-corrected chi connectivity index (χ4v) is 2.47. The van der Waals surface area contributed by atoms with Crippen molar-refractivity contribution in [3.8, 4) is 10.4 Å². The summed E-state index contributed by atoms with van der Waals surface area (Å²) in [6.45, 7) is 0. The first-order valence-electron chi connectivity index (χ1n) is 4.46. The van der Waals surface area contributed by atoms with Gasteiger partial charge in [0.2, 0.25) is 0 Å². The van der Waals surface area contributed by atoms with E-state index < -0.39 is 11.7 Å². The van der Waals surface area contributed by atoms with E-state index in [1.54, 1.807) is 6.07 Å². The predicted octanol–water partition coefficient (Wildman–Crippen LogP) is 4.17. The Hall–Kier alpha value is -1.08. The SMILES string of the molecule is Nc1ncc(-c2ccc(Br)c(C(F)(F)F)c2)s1. The van der Waals surface area contributed by atoms with Crippen LogP contribution in [0.3, 0.4) is 0 Å². The van der Waals surface area contributed by atoms with Gasteiger partial charge in [-0.15, -0.1) is 0 Å². The maximum absolute atomic E-state index is 12.7. The summed E-state index contributed by atoms with van der Waals surface area (Å²) in [7, 11) is 0. The van der Waals surface area contributed by atoms with Gasteiger partial charge in [0.1, 0.15) is 0 Å². The first kappa shape index (κ1) is 12.4. The van der Waals surface area contributed by atoms with Gasteiger partial charge in [-0.05, 0) is 17.7 Å². The minimum Gasteiger partial charge on any atom is -0.375 e. The van der Waals surface area contributed by atoms with E-state index in [1.807, 2.05) is 0 Å². The Kier molecular flexibility index (Phi) is 3.13. The smallest absolute Gasteiger partial charge is 0.375 e. The minimum atomic E-state index is -4.38. The molecule has 0 fully saturated rings. The predicted molar refractivity (Wildman–Crippen MR) is 64.7 cm³/mol. The number of benzene rings is 1. The number of thiazole rings is 1. The molecule has 0 radical (unpaired) electrons. The lowest BCUT2D eigenvalue weighted by atomic mass is 10.1. The van der Waals surface area contributed by atoms with E-state index in [2.05, 4.69) is 20.9 Å². The Morgan fingerprint density at radius 1 is 1.29 bits per heavy atom. The summed E-state index contributed by atoms with van der Waals surface area (Å²) in [5.74, 6) is 0. The third kappa shape index (κ3) is 2.61. The Bertz CT molecular complexity index is 551. The van der Waals surface area contributed by atoms with Gasteiger partial charge in [-0.3, -0.25) is 0 Å². The van der Waals surface area contributed by atoms with Crippen molar-refractivity contribution >= 4 is 32.4 Å². The fraction of sp³-hybridized carbons (Fsp3) is 0.100. The van der Waals surface area contributed by atoms with Gasteiger partial charge in [0.05, 0.1) is 10.4 Å². The van der Waals surface area contributed by atoms with Crippen molar-refractivity contribution < 1.29 is 13.2 Å². The minimum absolute atomic E-state index is 0.0197. The number of nitrogens with zero attached hydrogens (tertiary/aromatic N) is 1. The van der Waals surface area contributed by atoms with Crippen LogP contribution in [0, 0.1) is 0 Å². The molecule has 1 heterocycles. The van der Waals surface area contributed by atoms with Crippen molar-refractivity contribution in [3.63, 3.8) is 0 Å². The van der Waals surface area contributed by atoms with Crippen LogP contribution in [-0.2, 0) is 6.18 Å². The molecule has 0 atom stereocenters. The third-order valence-corrected chi connectivity index (χ3v) is 3.65. The van der Waals surface area contributed by atoms with Crippen LogP contribution in [0.4, 0.5) is 18.3 Å². The molecule has 1 aromatic carbocycles. The summed E-state index contributed by atoms with van der Waals surface area (Å²) in [5, 5.41) is 0.330. The zero-order valence-corrected chi connectivity index (χ0v) is 10.7. The number of halogens is 4. The van der Waals surface area contributed by atoms with Gasteiger partial charge in [-0.25, -0.2) is 4.98 Å². The van der Waals surface area contributed by atoms with E-state index in [4.69, 9.17) is 5.73 Å². The van der Waals surface area contributed by atoms with E-state index in [-0.39, 0.29) is 4.47 Å². The van der Waals surface area contributed by atoms with Crippen LogP contribution in [0.15, 0.2) is 28.9 Å². The number of hydrogen-bond donors (Lipinski definition) is 1. The van der Waals surface area contributed by atoms with E-state index >= 15 is 0 Å². The number of nitrogens with two attached hydrogens (primary N) is 1. The lowest BCUT2D eigenvalue weighted by Crippen LogP contribution is -2.05. The lowest BCUT2D eigenvalue weighted by Gasteiger charge is -2.10. The van der Waals surface area contributed by atoms with Gasteiger partial charge < -0.3 is 5.73 Å². The molecule has 0 aliphatic rings. The molecule has 0 amide bonds. The van der Waals surface area contributed by atoms with Crippen LogP contribution in [0.1, 0.15) is 5.56 Å². The molecular formula is C10H6BrF3N2S. The zero-order chi connectivity index (χ0) is 12.6. The van der Waals surface area contributed by atoms with Crippen LogP contribution in [0.25, 0.3) is 10.4 Å². The summed E-state index contributed by atoms with van der Waals surface area (Å²) in [4.78, 5) is 4.42. The Morgan fingerprint density at radius 3 is 2.53 bits per heavy atom. The summed E-state index contributed by atoms with van der Waals surface area (Å²) in [6.07, 6.45) is -2.92. The molecule has 17 heavy (non-hydrogen) atoms. The maximum atomic E-state index is 12.7. The van der Waals surface area contributed by atoms with Crippen LogP contribution in [-0.4, -0.2) is 4.98 Å². The molecule has 7 heteroatoms. The molecule has 0 aliphatic carbocycles. The number of alkyl halides is 3. The van der Waals surface area contributed by atoms with Crippen molar-refractivity contribution in [1.82, 2.24) is 4.98 Å².